The van der Waals surface area contributed by atoms with Crippen molar-refractivity contribution in [3.05, 3.63) is 101 Å². The van der Waals surface area contributed by atoms with Gasteiger partial charge in [0.25, 0.3) is 5.91 Å². The maximum atomic E-state index is 12.8. The van der Waals surface area contributed by atoms with Crippen LogP contribution in [0.3, 0.4) is 0 Å². The molecule has 0 spiro atoms. The molecule has 8 heteroatoms. The highest BCUT2D eigenvalue weighted by molar-refractivity contribution is 7.90. The van der Waals surface area contributed by atoms with Crippen molar-refractivity contribution in [3.63, 3.8) is 0 Å². The molecule has 0 saturated carbocycles. The highest BCUT2D eigenvalue weighted by atomic mass is 32.2. The molecule has 4 rings (SSSR count). The van der Waals surface area contributed by atoms with Crippen molar-refractivity contribution in [2.45, 2.75) is 24.1 Å². The monoisotopic (exact) mass is 461 g/mol. The molecule has 0 aliphatic rings. The largest absolute Gasteiger partial charge is 0.441 e. The minimum atomic E-state index is -3.63. The number of rotatable bonds is 7. The van der Waals surface area contributed by atoms with E-state index in [-0.39, 0.29) is 16.6 Å². The Morgan fingerprint density at radius 3 is 2.42 bits per heavy atom. The second-order valence-electron chi connectivity index (χ2n) is 7.60. The van der Waals surface area contributed by atoms with E-state index in [4.69, 9.17) is 10.2 Å². The lowest BCUT2D eigenvalue weighted by molar-refractivity contribution is 0.0951. The summed E-state index contributed by atoms with van der Waals surface area (Å²) >= 11 is 0. The number of hydrogen-bond acceptors (Lipinski definition) is 6. The number of benzene rings is 3. The first kappa shape index (κ1) is 22.3. The van der Waals surface area contributed by atoms with Crippen molar-refractivity contribution in [2.24, 2.45) is 0 Å². The second-order valence-corrected chi connectivity index (χ2v) is 9.59. The number of hydrogen-bond donors (Lipinski definition) is 2. The number of aryl methyl sites for hydroxylation is 1. The zero-order chi connectivity index (χ0) is 23.4. The van der Waals surface area contributed by atoms with Gasteiger partial charge in [0.05, 0.1) is 10.6 Å². The van der Waals surface area contributed by atoms with Crippen molar-refractivity contribution >= 4 is 21.4 Å². The molecule has 3 N–H and O–H groups in total. The molecule has 33 heavy (non-hydrogen) atoms. The van der Waals surface area contributed by atoms with Gasteiger partial charge in [0.15, 0.2) is 9.84 Å². The molecule has 0 atom stereocenters. The summed E-state index contributed by atoms with van der Waals surface area (Å²) in [4.78, 5) is 16.9. The van der Waals surface area contributed by atoms with E-state index >= 15 is 0 Å². The fourth-order valence-corrected chi connectivity index (χ4v) is 4.70. The summed E-state index contributed by atoms with van der Waals surface area (Å²) in [5.74, 6) is 0.220. The molecular weight excluding hydrogens is 438 g/mol. The molecule has 7 nitrogen and oxygen atoms in total. The van der Waals surface area contributed by atoms with Crippen LogP contribution in [0.5, 0.6) is 0 Å². The number of carbonyl (C=O) groups excluding carboxylic acids is 1. The van der Waals surface area contributed by atoms with E-state index in [2.05, 4.69) is 10.3 Å². The van der Waals surface area contributed by atoms with Gasteiger partial charge in [0.2, 0.25) is 5.89 Å². The molecular formula is C25H23N3O4S. The van der Waals surface area contributed by atoms with Gasteiger partial charge in [-0.2, -0.15) is 0 Å². The molecule has 4 aromatic rings. The van der Waals surface area contributed by atoms with Gasteiger partial charge in [-0.05, 0) is 55.0 Å². The number of aromatic nitrogens is 1. The molecule has 0 bridgehead atoms. The zero-order valence-corrected chi connectivity index (χ0v) is 18.8. The first-order valence-electron chi connectivity index (χ1n) is 10.3. The maximum absolute atomic E-state index is 12.8. The quantitative estimate of drug-likeness (QED) is 0.400. The summed E-state index contributed by atoms with van der Waals surface area (Å²) in [6.07, 6.45) is 0. The van der Waals surface area contributed by atoms with E-state index in [0.29, 0.717) is 40.7 Å². The highest BCUT2D eigenvalue weighted by Crippen LogP contribution is 2.25. The van der Waals surface area contributed by atoms with E-state index in [1.54, 1.807) is 43.3 Å². The SMILES string of the molecule is Cc1oc(-c2ccc(C(=O)NCc3ccccc3)cc2)nc1CS(=O)(=O)c1cccc(N)c1. The molecule has 0 saturated heterocycles. The van der Waals surface area contributed by atoms with Crippen LogP contribution in [0, 0.1) is 6.92 Å². The Hall–Kier alpha value is -3.91. The lowest BCUT2D eigenvalue weighted by Crippen LogP contribution is -2.22. The third-order valence-corrected chi connectivity index (χ3v) is 6.75. The van der Waals surface area contributed by atoms with Crippen LogP contribution >= 0.6 is 0 Å². The van der Waals surface area contributed by atoms with Gasteiger partial charge in [-0.25, -0.2) is 13.4 Å². The van der Waals surface area contributed by atoms with Crippen LogP contribution in [0.2, 0.25) is 0 Å². The predicted molar refractivity (Wildman–Crippen MR) is 126 cm³/mol. The summed E-state index contributed by atoms with van der Waals surface area (Å²) < 4.78 is 31.2. The summed E-state index contributed by atoms with van der Waals surface area (Å²) in [5, 5.41) is 2.88. The van der Waals surface area contributed by atoms with Crippen molar-refractivity contribution < 1.29 is 17.6 Å². The summed E-state index contributed by atoms with van der Waals surface area (Å²) in [6, 6.07) is 22.6. The highest BCUT2D eigenvalue weighted by Gasteiger charge is 2.21. The minimum Gasteiger partial charge on any atom is -0.441 e. The Morgan fingerprint density at radius 1 is 1.00 bits per heavy atom. The molecule has 0 unspecified atom stereocenters. The zero-order valence-electron chi connectivity index (χ0n) is 18.0. The molecule has 1 amide bonds. The van der Waals surface area contributed by atoms with Crippen molar-refractivity contribution in [1.82, 2.24) is 10.3 Å². The van der Waals surface area contributed by atoms with Gasteiger partial charge in [0.1, 0.15) is 11.5 Å². The number of anilines is 1. The smallest absolute Gasteiger partial charge is 0.251 e. The number of nitrogens with one attached hydrogen (secondary N) is 1. The normalized spacial score (nSPS) is 11.3. The Balaban J connectivity index is 1.47. The number of amides is 1. The Bertz CT molecular complexity index is 1380. The van der Waals surface area contributed by atoms with Crippen LogP contribution in [-0.2, 0) is 22.1 Å². The Labute approximate surface area is 192 Å². The van der Waals surface area contributed by atoms with Crippen molar-refractivity contribution in [3.8, 4) is 11.5 Å². The summed E-state index contributed by atoms with van der Waals surface area (Å²) in [6.45, 7) is 2.11. The fourth-order valence-electron chi connectivity index (χ4n) is 3.30. The van der Waals surface area contributed by atoms with Crippen LogP contribution in [0.15, 0.2) is 88.2 Å². The van der Waals surface area contributed by atoms with E-state index in [1.165, 1.54) is 12.1 Å². The number of nitrogens with two attached hydrogens (primary N) is 1. The van der Waals surface area contributed by atoms with Crippen LogP contribution in [0.4, 0.5) is 5.69 Å². The average Bonchev–Trinajstić information content (AvgIpc) is 3.17. The van der Waals surface area contributed by atoms with Crippen LogP contribution in [0.25, 0.3) is 11.5 Å². The van der Waals surface area contributed by atoms with Gasteiger partial charge in [-0.15, -0.1) is 0 Å². The molecule has 0 aliphatic heterocycles. The Kier molecular flexibility index (Phi) is 6.28. The second kappa shape index (κ2) is 9.30. The van der Waals surface area contributed by atoms with E-state index in [9.17, 15) is 13.2 Å². The number of sulfone groups is 1. The van der Waals surface area contributed by atoms with E-state index in [1.807, 2.05) is 30.3 Å². The van der Waals surface area contributed by atoms with E-state index in [0.717, 1.165) is 5.56 Å². The van der Waals surface area contributed by atoms with E-state index < -0.39 is 9.84 Å². The van der Waals surface area contributed by atoms with Gasteiger partial charge < -0.3 is 15.5 Å². The number of nitrogens with zero attached hydrogens (tertiary/aromatic N) is 1. The molecule has 3 aromatic carbocycles. The van der Waals surface area contributed by atoms with Gasteiger partial charge in [-0.1, -0.05) is 36.4 Å². The molecule has 0 radical (unpaired) electrons. The predicted octanol–water partition coefficient (Wildman–Crippen LogP) is 4.14. The number of nitrogen functional groups attached to an aromatic ring is 1. The lowest BCUT2D eigenvalue weighted by Gasteiger charge is -2.06. The van der Waals surface area contributed by atoms with Gasteiger partial charge >= 0.3 is 0 Å². The van der Waals surface area contributed by atoms with Crippen LogP contribution in [-0.4, -0.2) is 19.3 Å². The first-order valence-corrected chi connectivity index (χ1v) is 11.9. The summed E-state index contributed by atoms with van der Waals surface area (Å²) in [5.41, 5.74) is 8.58. The first-order chi connectivity index (χ1) is 15.8. The molecule has 1 aromatic heterocycles. The van der Waals surface area contributed by atoms with Gasteiger partial charge in [-0.3, -0.25) is 4.79 Å². The standard InChI is InChI=1S/C25H23N3O4S/c1-17-23(16-33(30,31)22-9-5-8-21(26)14-22)28-25(32-17)20-12-10-19(11-13-20)24(29)27-15-18-6-3-2-4-7-18/h2-14H,15-16,26H2,1H3,(H,27,29). The molecule has 0 fully saturated rings. The van der Waals surface area contributed by atoms with Crippen molar-refractivity contribution in [1.29, 1.82) is 0 Å². The Morgan fingerprint density at radius 2 is 1.73 bits per heavy atom. The lowest BCUT2D eigenvalue weighted by atomic mass is 10.1. The fraction of sp³-hybridized carbons (Fsp3) is 0.120. The van der Waals surface area contributed by atoms with Crippen LogP contribution in [0.1, 0.15) is 27.4 Å². The number of oxazole rings is 1. The minimum absolute atomic E-state index is 0.136. The topological polar surface area (TPSA) is 115 Å². The van der Waals surface area contributed by atoms with Crippen LogP contribution < -0.4 is 11.1 Å². The van der Waals surface area contributed by atoms with Gasteiger partial charge in [0, 0.05) is 23.4 Å². The van der Waals surface area contributed by atoms with Crippen molar-refractivity contribution in [2.75, 3.05) is 5.73 Å². The summed E-state index contributed by atoms with van der Waals surface area (Å²) in [7, 11) is -3.63. The molecule has 1 heterocycles. The molecule has 168 valence electrons. The third kappa shape index (κ3) is 5.30. The number of carbonyl (C=O) groups is 1. The average molecular weight is 462 g/mol. The maximum Gasteiger partial charge on any atom is 0.251 e. The molecule has 0 aliphatic carbocycles. The third-order valence-electron chi connectivity index (χ3n) is 5.13.